The van der Waals surface area contributed by atoms with E-state index in [2.05, 4.69) is 5.32 Å². The van der Waals surface area contributed by atoms with Gasteiger partial charge in [-0.3, -0.25) is 0 Å². The predicted octanol–water partition coefficient (Wildman–Crippen LogP) is 3.27. The van der Waals surface area contributed by atoms with Gasteiger partial charge < -0.3 is 15.8 Å². The molecular formula is C14H22N2O. The minimum atomic E-state index is 0.649. The highest BCUT2D eigenvalue weighted by Crippen LogP contribution is 2.28. The summed E-state index contributed by atoms with van der Waals surface area (Å²) in [6, 6.07) is 5.92. The molecule has 3 heteroatoms. The van der Waals surface area contributed by atoms with Crippen molar-refractivity contribution in [3.05, 3.63) is 18.2 Å². The van der Waals surface area contributed by atoms with Crippen LogP contribution in [0.5, 0.6) is 5.75 Å². The number of benzene rings is 1. The molecule has 0 heterocycles. The van der Waals surface area contributed by atoms with Crippen molar-refractivity contribution in [2.75, 3.05) is 24.2 Å². The zero-order valence-electron chi connectivity index (χ0n) is 10.5. The Hall–Kier alpha value is -1.38. The van der Waals surface area contributed by atoms with Crippen LogP contribution in [0.15, 0.2) is 18.2 Å². The maximum atomic E-state index is 5.84. The van der Waals surface area contributed by atoms with Gasteiger partial charge in [0.2, 0.25) is 0 Å². The number of rotatable bonds is 5. The molecule has 1 aliphatic carbocycles. The van der Waals surface area contributed by atoms with Crippen LogP contribution >= 0.6 is 0 Å². The largest absolute Gasteiger partial charge is 0.492 e. The van der Waals surface area contributed by atoms with Gasteiger partial charge in [-0.15, -0.1) is 0 Å². The van der Waals surface area contributed by atoms with Crippen LogP contribution in [0.4, 0.5) is 11.4 Å². The number of nitrogen functional groups attached to an aromatic ring is 1. The summed E-state index contributed by atoms with van der Waals surface area (Å²) in [5.74, 6) is 1.62. The van der Waals surface area contributed by atoms with E-state index in [1.54, 1.807) is 0 Å². The lowest BCUT2D eigenvalue weighted by Crippen LogP contribution is -2.11. The molecular weight excluding hydrogens is 212 g/mol. The van der Waals surface area contributed by atoms with Crippen molar-refractivity contribution in [2.24, 2.45) is 5.92 Å². The van der Waals surface area contributed by atoms with Crippen LogP contribution in [-0.2, 0) is 0 Å². The average Bonchev–Trinajstić information content (AvgIpc) is 2.83. The minimum absolute atomic E-state index is 0.649. The lowest BCUT2D eigenvalue weighted by atomic mass is 10.1. The first-order valence-electron chi connectivity index (χ1n) is 6.55. The Morgan fingerprint density at radius 1 is 1.35 bits per heavy atom. The number of hydrogen-bond acceptors (Lipinski definition) is 3. The van der Waals surface area contributed by atoms with Gasteiger partial charge in [-0.25, -0.2) is 0 Å². The smallest absolute Gasteiger partial charge is 0.144 e. The van der Waals surface area contributed by atoms with Crippen LogP contribution in [0.3, 0.4) is 0 Å². The minimum Gasteiger partial charge on any atom is -0.492 e. The van der Waals surface area contributed by atoms with Gasteiger partial charge in [0.25, 0.3) is 0 Å². The van der Waals surface area contributed by atoms with E-state index in [9.17, 15) is 0 Å². The van der Waals surface area contributed by atoms with E-state index in [0.717, 1.165) is 23.9 Å². The molecule has 1 aromatic carbocycles. The molecule has 0 aliphatic heterocycles. The molecule has 0 atom stereocenters. The third-order valence-corrected chi connectivity index (χ3v) is 3.38. The molecule has 3 nitrogen and oxygen atoms in total. The van der Waals surface area contributed by atoms with Crippen molar-refractivity contribution in [2.45, 2.75) is 32.6 Å². The summed E-state index contributed by atoms with van der Waals surface area (Å²) in [4.78, 5) is 0. The molecule has 3 N–H and O–H groups in total. The lowest BCUT2D eigenvalue weighted by Gasteiger charge is -2.14. The van der Waals surface area contributed by atoms with Crippen LogP contribution < -0.4 is 15.8 Å². The van der Waals surface area contributed by atoms with Crippen molar-refractivity contribution in [1.82, 2.24) is 0 Å². The Labute approximate surface area is 103 Å². The molecule has 0 unspecified atom stereocenters. The van der Waals surface area contributed by atoms with Crippen molar-refractivity contribution in [3.63, 3.8) is 0 Å². The van der Waals surface area contributed by atoms with Crippen molar-refractivity contribution < 1.29 is 4.74 Å². The molecule has 1 aliphatic rings. The van der Waals surface area contributed by atoms with E-state index < -0.39 is 0 Å². The fourth-order valence-electron chi connectivity index (χ4n) is 2.40. The van der Waals surface area contributed by atoms with Gasteiger partial charge in [-0.1, -0.05) is 12.8 Å². The lowest BCUT2D eigenvalue weighted by molar-refractivity contribution is 0.342. The predicted molar refractivity (Wildman–Crippen MR) is 72.5 cm³/mol. The van der Waals surface area contributed by atoms with Gasteiger partial charge in [0, 0.05) is 18.3 Å². The topological polar surface area (TPSA) is 47.3 Å². The number of hydrogen-bond donors (Lipinski definition) is 2. The van der Waals surface area contributed by atoms with E-state index in [0.29, 0.717) is 12.3 Å². The first kappa shape index (κ1) is 12.1. The average molecular weight is 234 g/mol. The summed E-state index contributed by atoms with van der Waals surface area (Å²) in [7, 11) is 0. The van der Waals surface area contributed by atoms with E-state index in [1.165, 1.54) is 25.7 Å². The fraction of sp³-hybridized carbons (Fsp3) is 0.571. The summed E-state index contributed by atoms with van der Waals surface area (Å²) >= 11 is 0. The van der Waals surface area contributed by atoms with Gasteiger partial charge in [0.15, 0.2) is 0 Å². The van der Waals surface area contributed by atoms with E-state index in [1.807, 2.05) is 25.1 Å². The van der Waals surface area contributed by atoms with Crippen LogP contribution in [0.2, 0.25) is 0 Å². The molecule has 0 radical (unpaired) electrons. The molecule has 1 fully saturated rings. The number of nitrogens with one attached hydrogen (secondary N) is 1. The second-order valence-electron chi connectivity index (χ2n) is 4.72. The molecule has 0 spiro atoms. The zero-order valence-corrected chi connectivity index (χ0v) is 10.5. The fourth-order valence-corrected chi connectivity index (χ4v) is 2.40. The maximum Gasteiger partial charge on any atom is 0.144 e. The van der Waals surface area contributed by atoms with Crippen molar-refractivity contribution in [1.29, 1.82) is 0 Å². The molecule has 0 bridgehead atoms. The number of anilines is 2. The highest BCUT2D eigenvalue weighted by Gasteiger charge is 2.14. The quantitative estimate of drug-likeness (QED) is 0.769. The molecule has 0 amide bonds. The standard InChI is InChI=1S/C14H22N2O/c1-2-17-14-9-12(7-8-13(14)15)16-10-11-5-3-4-6-11/h7-9,11,16H,2-6,10,15H2,1H3. The van der Waals surface area contributed by atoms with Gasteiger partial charge in [0.1, 0.15) is 5.75 Å². The highest BCUT2D eigenvalue weighted by molar-refractivity contribution is 5.61. The van der Waals surface area contributed by atoms with Gasteiger partial charge in [0.05, 0.1) is 12.3 Å². The Bertz CT molecular complexity index is 359. The summed E-state index contributed by atoms with van der Waals surface area (Å²) in [5.41, 5.74) is 7.65. The van der Waals surface area contributed by atoms with Gasteiger partial charge in [-0.2, -0.15) is 0 Å². The second kappa shape index (κ2) is 5.80. The van der Waals surface area contributed by atoms with E-state index in [-0.39, 0.29) is 0 Å². The van der Waals surface area contributed by atoms with Crippen LogP contribution in [0, 0.1) is 5.92 Å². The molecule has 1 saturated carbocycles. The monoisotopic (exact) mass is 234 g/mol. The number of ether oxygens (including phenoxy) is 1. The Morgan fingerprint density at radius 3 is 2.82 bits per heavy atom. The summed E-state index contributed by atoms with van der Waals surface area (Å²) in [6.07, 6.45) is 5.50. The first-order chi connectivity index (χ1) is 8.29. The van der Waals surface area contributed by atoms with E-state index >= 15 is 0 Å². The molecule has 0 saturated heterocycles. The molecule has 2 rings (SSSR count). The Kier molecular flexibility index (Phi) is 4.13. The second-order valence-corrected chi connectivity index (χ2v) is 4.72. The molecule has 94 valence electrons. The van der Waals surface area contributed by atoms with Crippen LogP contribution in [-0.4, -0.2) is 13.2 Å². The maximum absolute atomic E-state index is 5.84. The number of nitrogens with two attached hydrogens (primary N) is 1. The Balaban J connectivity index is 1.93. The van der Waals surface area contributed by atoms with Gasteiger partial charge >= 0.3 is 0 Å². The third kappa shape index (κ3) is 3.29. The summed E-state index contributed by atoms with van der Waals surface area (Å²) < 4.78 is 5.48. The zero-order chi connectivity index (χ0) is 12.1. The van der Waals surface area contributed by atoms with Crippen molar-refractivity contribution >= 4 is 11.4 Å². The van der Waals surface area contributed by atoms with Crippen molar-refractivity contribution in [3.8, 4) is 5.75 Å². The van der Waals surface area contributed by atoms with Crippen LogP contribution in [0.25, 0.3) is 0 Å². The van der Waals surface area contributed by atoms with Gasteiger partial charge in [-0.05, 0) is 37.8 Å². The third-order valence-electron chi connectivity index (χ3n) is 3.38. The molecule has 0 aromatic heterocycles. The van der Waals surface area contributed by atoms with E-state index in [4.69, 9.17) is 10.5 Å². The SMILES string of the molecule is CCOc1cc(NCC2CCCC2)ccc1N. The summed E-state index contributed by atoms with van der Waals surface area (Å²) in [6.45, 7) is 3.68. The normalized spacial score (nSPS) is 16.1. The van der Waals surface area contributed by atoms with Crippen LogP contribution in [0.1, 0.15) is 32.6 Å². The highest BCUT2D eigenvalue weighted by atomic mass is 16.5. The first-order valence-corrected chi connectivity index (χ1v) is 6.55. The molecule has 17 heavy (non-hydrogen) atoms. The molecule has 1 aromatic rings. The Morgan fingerprint density at radius 2 is 2.12 bits per heavy atom. The summed E-state index contributed by atoms with van der Waals surface area (Å²) in [5, 5.41) is 3.48.